The fourth-order valence-electron chi connectivity index (χ4n) is 1.95. The van der Waals surface area contributed by atoms with E-state index in [1.165, 1.54) is 32.1 Å². The number of hydrogen-bond donors (Lipinski definition) is 1. The fourth-order valence-corrected chi connectivity index (χ4v) is 1.95. The molecule has 0 saturated heterocycles. The van der Waals surface area contributed by atoms with E-state index in [-0.39, 0.29) is 0 Å². The Balaban J connectivity index is 1.65. The van der Waals surface area contributed by atoms with Crippen LogP contribution >= 0.6 is 0 Å². The van der Waals surface area contributed by atoms with Crippen molar-refractivity contribution in [1.82, 2.24) is 5.32 Å². The maximum Gasteiger partial charge on any atom is 0.123 e. The first-order chi connectivity index (χ1) is 5.79. The topological polar surface area (TPSA) is 12.0 Å². The zero-order chi connectivity index (χ0) is 8.44. The average molecular weight is 171 g/mol. The number of rotatable bonds is 3. The van der Waals surface area contributed by atoms with E-state index in [0.29, 0.717) is 12.6 Å². The number of nitrogens with one attached hydrogen (secondary N) is 1. The molecule has 2 fully saturated rings. The van der Waals surface area contributed by atoms with Gasteiger partial charge < -0.3 is 5.32 Å². The van der Waals surface area contributed by atoms with Crippen molar-refractivity contribution < 1.29 is 4.39 Å². The Kier molecular flexibility index (Phi) is 2.35. The van der Waals surface area contributed by atoms with Crippen molar-refractivity contribution in [1.29, 1.82) is 0 Å². The predicted molar refractivity (Wildman–Crippen MR) is 47.9 cm³/mol. The monoisotopic (exact) mass is 171 g/mol. The van der Waals surface area contributed by atoms with Crippen LogP contribution in [0, 0.1) is 0 Å². The second-order valence-electron chi connectivity index (χ2n) is 4.37. The van der Waals surface area contributed by atoms with Crippen LogP contribution < -0.4 is 5.32 Å². The molecule has 2 aliphatic carbocycles. The smallest absolute Gasteiger partial charge is 0.123 e. The summed E-state index contributed by atoms with van der Waals surface area (Å²) in [4.78, 5) is 0. The van der Waals surface area contributed by atoms with E-state index in [1.54, 1.807) is 0 Å². The van der Waals surface area contributed by atoms with Crippen LogP contribution in [0.2, 0.25) is 0 Å². The van der Waals surface area contributed by atoms with E-state index in [2.05, 4.69) is 5.32 Å². The van der Waals surface area contributed by atoms with E-state index in [0.717, 1.165) is 12.8 Å². The van der Waals surface area contributed by atoms with E-state index < -0.39 is 5.67 Å². The molecule has 2 saturated carbocycles. The molecule has 2 aliphatic rings. The van der Waals surface area contributed by atoms with E-state index in [1.807, 2.05) is 0 Å². The van der Waals surface area contributed by atoms with Crippen LogP contribution in [0.25, 0.3) is 0 Å². The Labute approximate surface area is 73.7 Å². The van der Waals surface area contributed by atoms with Crippen molar-refractivity contribution in [3.8, 4) is 0 Å². The lowest BCUT2D eigenvalue weighted by Gasteiger charge is -2.23. The van der Waals surface area contributed by atoms with Gasteiger partial charge in [-0.1, -0.05) is 19.3 Å². The van der Waals surface area contributed by atoms with Gasteiger partial charge in [0, 0.05) is 12.6 Å². The summed E-state index contributed by atoms with van der Waals surface area (Å²) in [7, 11) is 0. The van der Waals surface area contributed by atoms with Crippen molar-refractivity contribution >= 4 is 0 Å². The van der Waals surface area contributed by atoms with Crippen LogP contribution in [0.3, 0.4) is 0 Å². The normalized spacial score (nSPS) is 28.8. The molecule has 0 spiro atoms. The lowest BCUT2D eigenvalue weighted by molar-refractivity contribution is 0.266. The molecule has 0 heterocycles. The van der Waals surface area contributed by atoms with Crippen LogP contribution in [0.4, 0.5) is 4.39 Å². The van der Waals surface area contributed by atoms with Crippen LogP contribution in [-0.4, -0.2) is 18.3 Å². The molecule has 70 valence electrons. The molecule has 1 N–H and O–H groups in total. The molecular formula is C10H18FN. The second kappa shape index (κ2) is 3.33. The maximum absolute atomic E-state index is 13.2. The largest absolute Gasteiger partial charge is 0.311 e. The fraction of sp³-hybridized carbons (Fsp3) is 1.00. The molecule has 0 atom stereocenters. The van der Waals surface area contributed by atoms with Gasteiger partial charge in [-0.05, 0) is 25.7 Å². The molecule has 0 aromatic heterocycles. The van der Waals surface area contributed by atoms with E-state index in [4.69, 9.17) is 0 Å². The highest BCUT2D eigenvalue weighted by molar-refractivity contribution is 4.96. The van der Waals surface area contributed by atoms with Crippen molar-refractivity contribution in [2.24, 2.45) is 0 Å². The molecule has 2 rings (SSSR count). The van der Waals surface area contributed by atoms with Gasteiger partial charge in [-0.2, -0.15) is 0 Å². The van der Waals surface area contributed by atoms with Gasteiger partial charge in [0.25, 0.3) is 0 Å². The summed E-state index contributed by atoms with van der Waals surface area (Å²) < 4.78 is 13.2. The molecule has 0 bridgehead atoms. The standard InChI is InChI=1S/C10H18FN/c11-10(6-7-10)8-12-9-4-2-1-3-5-9/h9,12H,1-8H2. The molecule has 1 nitrogen and oxygen atoms in total. The minimum absolute atomic E-state index is 0.609. The van der Waals surface area contributed by atoms with Gasteiger partial charge in [-0.25, -0.2) is 4.39 Å². The lowest BCUT2D eigenvalue weighted by Crippen LogP contribution is -2.36. The van der Waals surface area contributed by atoms with Crippen molar-refractivity contribution in [3.05, 3.63) is 0 Å². The van der Waals surface area contributed by atoms with Gasteiger partial charge in [-0.15, -0.1) is 0 Å². The second-order valence-corrected chi connectivity index (χ2v) is 4.37. The first-order valence-corrected chi connectivity index (χ1v) is 5.21. The molecule has 2 heteroatoms. The van der Waals surface area contributed by atoms with Crippen LogP contribution in [0.5, 0.6) is 0 Å². The van der Waals surface area contributed by atoms with Gasteiger partial charge in [0.05, 0.1) is 0 Å². The molecule has 0 amide bonds. The third kappa shape index (κ3) is 2.19. The van der Waals surface area contributed by atoms with Gasteiger partial charge >= 0.3 is 0 Å². The third-order valence-corrected chi connectivity index (χ3v) is 3.11. The van der Waals surface area contributed by atoms with Gasteiger partial charge in [0.1, 0.15) is 5.67 Å². The summed E-state index contributed by atoms with van der Waals surface area (Å²) in [5, 5.41) is 3.35. The van der Waals surface area contributed by atoms with Crippen molar-refractivity contribution in [3.63, 3.8) is 0 Å². The molecule has 0 aromatic carbocycles. The summed E-state index contributed by atoms with van der Waals surface area (Å²) in [5.74, 6) is 0. The average Bonchev–Trinajstić information content (AvgIpc) is 2.84. The van der Waals surface area contributed by atoms with E-state index in [9.17, 15) is 4.39 Å². The van der Waals surface area contributed by atoms with Crippen molar-refractivity contribution in [2.45, 2.75) is 56.7 Å². The third-order valence-electron chi connectivity index (χ3n) is 3.11. The summed E-state index contributed by atoms with van der Waals surface area (Å²) in [6.07, 6.45) is 8.12. The minimum Gasteiger partial charge on any atom is -0.311 e. The van der Waals surface area contributed by atoms with Crippen LogP contribution in [0.1, 0.15) is 44.9 Å². The zero-order valence-electron chi connectivity index (χ0n) is 7.61. The summed E-state index contributed by atoms with van der Waals surface area (Å²) in [6.45, 7) is 0.609. The number of hydrogen-bond acceptors (Lipinski definition) is 1. The predicted octanol–water partition coefficient (Wildman–Crippen LogP) is 2.41. The molecule has 12 heavy (non-hydrogen) atoms. The Bertz CT molecular complexity index is 148. The molecule has 0 unspecified atom stereocenters. The summed E-state index contributed by atoms with van der Waals surface area (Å²) in [6, 6.07) is 0.618. The Morgan fingerprint density at radius 1 is 1.17 bits per heavy atom. The zero-order valence-corrected chi connectivity index (χ0v) is 7.61. The molecule has 0 radical (unpaired) electrons. The molecular weight excluding hydrogens is 153 g/mol. The quantitative estimate of drug-likeness (QED) is 0.687. The van der Waals surface area contributed by atoms with Crippen LogP contribution in [-0.2, 0) is 0 Å². The van der Waals surface area contributed by atoms with E-state index >= 15 is 0 Å². The minimum atomic E-state index is -0.808. The Hall–Kier alpha value is -0.110. The highest BCUT2D eigenvalue weighted by atomic mass is 19.1. The Morgan fingerprint density at radius 3 is 2.42 bits per heavy atom. The van der Waals surface area contributed by atoms with Gasteiger partial charge in [-0.3, -0.25) is 0 Å². The first kappa shape index (κ1) is 8.49. The SMILES string of the molecule is FC1(CNC2CCCCC2)CC1. The molecule has 0 aliphatic heterocycles. The number of halogens is 1. The summed E-state index contributed by atoms with van der Waals surface area (Å²) >= 11 is 0. The van der Waals surface area contributed by atoms with Gasteiger partial charge in [0.15, 0.2) is 0 Å². The number of alkyl halides is 1. The molecule has 0 aromatic rings. The highest BCUT2D eigenvalue weighted by Crippen LogP contribution is 2.39. The highest BCUT2D eigenvalue weighted by Gasteiger charge is 2.42. The summed E-state index contributed by atoms with van der Waals surface area (Å²) in [5.41, 5.74) is -0.808. The van der Waals surface area contributed by atoms with Gasteiger partial charge in [0.2, 0.25) is 0 Å². The van der Waals surface area contributed by atoms with Crippen LogP contribution in [0.15, 0.2) is 0 Å². The lowest BCUT2D eigenvalue weighted by atomic mass is 9.95. The Morgan fingerprint density at radius 2 is 1.83 bits per heavy atom. The maximum atomic E-state index is 13.2. The van der Waals surface area contributed by atoms with Crippen molar-refractivity contribution in [2.75, 3.05) is 6.54 Å². The first-order valence-electron chi connectivity index (χ1n) is 5.21.